The number of ketones is 1. The van der Waals surface area contributed by atoms with Gasteiger partial charge in [0.05, 0.1) is 21.6 Å². The minimum Gasteiger partial charge on any atom is -0.444 e. The molecule has 1 N–H and O–H groups in total. The highest BCUT2D eigenvalue weighted by molar-refractivity contribution is 6.35. The van der Waals surface area contributed by atoms with Crippen molar-refractivity contribution in [2.75, 3.05) is 0 Å². The van der Waals surface area contributed by atoms with Crippen LogP contribution in [0.5, 0.6) is 0 Å². The summed E-state index contributed by atoms with van der Waals surface area (Å²) in [4.78, 5) is 35.6. The summed E-state index contributed by atoms with van der Waals surface area (Å²) in [7, 11) is 0. The molecule has 0 saturated carbocycles. The maximum absolute atomic E-state index is 15.4. The lowest BCUT2D eigenvalue weighted by Crippen LogP contribution is -2.35. The van der Waals surface area contributed by atoms with Crippen LogP contribution < -0.4 is 5.32 Å². The zero-order chi connectivity index (χ0) is 23.5. The van der Waals surface area contributed by atoms with Gasteiger partial charge in [-0.3, -0.25) is 14.9 Å². The van der Waals surface area contributed by atoms with E-state index in [1.54, 1.807) is 27.7 Å². The molecule has 0 fully saturated rings. The van der Waals surface area contributed by atoms with E-state index >= 15 is 4.39 Å². The Kier molecular flexibility index (Phi) is 7.38. The van der Waals surface area contributed by atoms with Crippen molar-refractivity contribution in [3.05, 3.63) is 73.5 Å². The van der Waals surface area contributed by atoms with E-state index < -0.39 is 34.3 Å². The van der Waals surface area contributed by atoms with Crippen LogP contribution in [0.25, 0.3) is 0 Å². The molecule has 0 aliphatic carbocycles. The molecule has 0 radical (unpaired) electrons. The van der Waals surface area contributed by atoms with Crippen molar-refractivity contribution in [2.24, 2.45) is 0 Å². The van der Waals surface area contributed by atoms with Gasteiger partial charge in [-0.1, -0.05) is 24.6 Å². The monoisotopic (exact) mass is 450 g/mol. The highest BCUT2D eigenvalue weighted by atomic mass is 35.5. The molecule has 0 unspecified atom stereocenters. The van der Waals surface area contributed by atoms with Gasteiger partial charge in [0.15, 0.2) is 5.78 Å². The molecule has 1 atom stereocenters. The fraction of sp³-hybridized carbons (Fsp3) is 0.364. The number of benzene rings is 2. The fourth-order valence-corrected chi connectivity index (χ4v) is 3.27. The molecule has 7 nitrogen and oxygen atoms in total. The van der Waals surface area contributed by atoms with Gasteiger partial charge in [-0.05, 0) is 52.3 Å². The number of nitro benzene ring substituents is 1. The van der Waals surface area contributed by atoms with Crippen LogP contribution in [0.2, 0.25) is 5.02 Å². The van der Waals surface area contributed by atoms with E-state index in [9.17, 15) is 19.7 Å². The quantitative estimate of drug-likeness (QED) is 0.335. The van der Waals surface area contributed by atoms with Gasteiger partial charge in [-0.15, -0.1) is 0 Å². The number of halogens is 2. The average Bonchev–Trinajstić information content (AvgIpc) is 2.64. The lowest BCUT2D eigenvalue weighted by Gasteiger charge is -2.24. The topological polar surface area (TPSA) is 98.5 Å². The number of carbonyl (C=O) groups excluding carboxylic acids is 2. The van der Waals surface area contributed by atoms with E-state index in [0.29, 0.717) is 6.42 Å². The van der Waals surface area contributed by atoms with Crippen LogP contribution in [-0.4, -0.2) is 22.4 Å². The largest absolute Gasteiger partial charge is 0.444 e. The summed E-state index contributed by atoms with van der Waals surface area (Å²) in [6.45, 7) is 8.36. The van der Waals surface area contributed by atoms with E-state index in [0.717, 1.165) is 0 Å². The average molecular weight is 451 g/mol. The Balaban J connectivity index is 2.43. The Morgan fingerprint density at radius 3 is 2.42 bits per heavy atom. The zero-order valence-electron chi connectivity index (χ0n) is 17.9. The summed E-state index contributed by atoms with van der Waals surface area (Å²) < 4.78 is 20.6. The maximum Gasteiger partial charge on any atom is 0.408 e. The predicted molar refractivity (Wildman–Crippen MR) is 115 cm³/mol. The number of alkyl carbamates (subject to hydrolysis) is 1. The van der Waals surface area contributed by atoms with Gasteiger partial charge in [0, 0.05) is 22.8 Å². The van der Waals surface area contributed by atoms with Crippen LogP contribution in [-0.2, 0) is 4.74 Å². The Labute approximate surface area is 184 Å². The van der Waals surface area contributed by atoms with Gasteiger partial charge in [0.1, 0.15) is 11.4 Å². The number of amides is 1. The lowest BCUT2D eigenvalue weighted by molar-refractivity contribution is -0.385. The number of hydrogen-bond donors (Lipinski definition) is 1. The first kappa shape index (κ1) is 24.3. The number of nitro groups is 1. The molecule has 31 heavy (non-hydrogen) atoms. The Hall–Kier alpha value is -3.00. The molecule has 2 aromatic rings. The van der Waals surface area contributed by atoms with Crippen molar-refractivity contribution in [1.82, 2.24) is 5.32 Å². The fourth-order valence-electron chi connectivity index (χ4n) is 3.04. The molecule has 0 bridgehead atoms. The molecule has 0 aliphatic heterocycles. The molecular weight excluding hydrogens is 427 g/mol. The Morgan fingerprint density at radius 2 is 1.90 bits per heavy atom. The van der Waals surface area contributed by atoms with Crippen LogP contribution in [0.15, 0.2) is 30.3 Å². The van der Waals surface area contributed by atoms with E-state index in [1.165, 1.54) is 37.3 Å². The van der Waals surface area contributed by atoms with Crippen molar-refractivity contribution in [3.8, 4) is 0 Å². The van der Waals surface area contributed by atoms with Gasteiger partial charge in [-0.25, -0.2) is 9.18 Å². The third-order valence-electron chi connectivity index (χ3n) is 4.48. The normalized spacial score (nSPS) is 12.2. The number of aryl methyl sites for hydroxylation is 1. The first-order valence-corrected chi connectivity index (χ1v) is 10.0. The van der Waals surface area contributed by atoms with Crippen molar-refractivity contribution in [3.63, 3.8) is 0 Å². The minimum atomic E-state index is -0.864. The molecule has 0 spiro atoms. The molecule has 0 aromatic heterocycles. The number of nitrogens with zero attached hydrogens (tertiary/aromatic N) is 1. The lowest BCUT2D eigenvalue weighted by atomic mass is 9.95. The third kappa shape index (κ3) is 5.79. The van der Waals surface area contributed by atoms with Crippen LogP contribution in [0.4, 0.5) is 14.9 Å². The molecule has 2 rings (SSSR count). The van der Waals surface area contributed by atoms with Crippen molar-refractivity contribution >= 4 is 29.2 Å². The van der Waals surface area contributed by atoms with Crippen molar-refractivity contribution in [2.45, 2.75) is 52.7 Å². The first-order chi connectivity index (χ1) is 14.4. The number of hydrogen-bond acceptors (Lipinski definition) is 5. The van der Waals surface area contributed by atoms with Crippen molar-refractivity contribution in [1.29, 1.82) is 0 Å². The van der Waals surface area contributed by atoms with Gasteiger partial charge in [0.2, 0.25) is 0 Å². The molecule has 166 valence electrons. The SMILES string of the molecule is CC[C@@H](NC(=O)OC(C)(C)C)c1ccc(Cl)c(C(=O)c2ccc([N+](=O)[O-])c(C)c2)c1F. The number of rotatable bonds is 6. The van der Waals surface area contributed by atoms with E-state index in [1.807, 2.05) is 0 Å². The zero-order valence-corrected chi connectivity index (χ0v) is 18.7. The van der Waals surface area contributed by atoms with Crippen LogP contribution in [0, 0.1) is 22.9 Å². The van der Waals surface area contributed by atoms with E-state index in [-0.39, 0.29) is 33.0 Å². The van der Waals surface area contributed by atoms with Gasteiger partial charge in [-0.2, -0.15) is 0 Å². The second-order valence-electron chi connectivity index (χ2n) is 8.02. The van der Waals surface area contributed by atoms with Crippen LogP contribution >= 0.6 is 11.6 Å². The number of nitrogens with one attached hydrogen (secondary N) is 1. The Bertz CT molecular complexity index is 1030. The summed E-state index contributed by atoms with van der Waals surface area (Å²) in [5.74, 6) is -1.58. The second-order valence-corrected chi connectivity index (χ2v) is 8.43. The van der Waals surface area contributed by atoms with Gasteiger partial charge >= 0.3 is 6.09 Å². The Morgan fingerprint density at radius 1 is 1.26 bits per heavy atom. The molecule has 0 saturated heterocycles. The number of ether oxygens (including phenoxy) is 1. The standard InChI is InChI=1S/C22H24ClFN2O5/c1-6-16(25-21(28)31-22(3,4)5)14-8-9-15(23)18(19(14)24)20(27)13-7-10-17(26(29)30)12(2)11-13/h7-11,16H,6H2,1-5H3,(H,25,28)/t16-/m1/s1. The molecule has 9 heteroatoms. The molecule has 1 amide bonds. The van der Waals surface area contributed by atoms with Crippen LogP contribution in [0.3, 0.4) is 0 Å². The highest BCUT2D eigenvalue weighted by Crippen LogP contribution is 2.31. The molecule has 0 heterocycles. The summed E-state index contributed by atoms with van der Waals surface area (Å²) >= 11 is 6.13. The molecular formula is C22H24ClFN2O5. The van der Waals surface area contributed by atoms with E-state index in [2.05, 4.69) is 5.32 Å². The summed E-state index contributed by atoms with van der Waals surface area (Å²) in [6.07, 6.45) is -0.380. The highest BCUT2D eigenvalue weighted by Gasteiger charge is 2.27. The van der Waals surface area contributed by atoms with Gasteiger partial charge < -0.3 is 10.1 Å². The molecule has 0 aliphatic rings. The maximum atomic E-state index is 15.4. The van der Waals surface area contributed by atoms with Crippen LogP contribution in [0.1, 0.15) is 67.2 Å². The predicted octanol–water partition coefficient (Wildman–Crippen LogP) is 5.90. The second kappa shape index (κ2) is 9.43. The van der Waals surface area contributed by atoms with Crippen molar-refractivity contribution < 1.29 is 23.6 Å². The first-order valence-electron chi connectivity index (χ1n) is 9.62. The number of carbonyl (C=O) groups is 2. The van der Waals surface area contributed by atoms with Gasteiger partial charge in [0.25, 0.3) is 5.69 Å². The summed E-state index contributed by atoms with van der Waals surface area (Å²) in [5, 5.41) is 13.5. The minimum absolute atomic E-state index is 0.0641. The summed E-state index contributed by atoms with van der Waals surface area (Å²) in [6, 6.07) is 5.80. The molecule has 2 aromatic carbocycles. The van der Waals surface area contributed by atoms with E-state index in [4.69, 9.17) is 16.3 Å². The summed E-state index contributed by atoms with van der Waals surface area (Å²) in [5.41, 5.74) is -0.827. The smallest absolute Gasteiger partial charge is 0.408 e. The third-order valence-corrected chi connectivity index (χ3v) is 4.79.